The van der Waals surface area contributed by atoms with Gasteiger partial charge >= 0.3 is 0 Å². The summed E-state index contributed by atoms with van der Waals surface area (Å²) in [5.41, 5.74) is 0.540. The molecule has 1 saturated heterocycles. The Bertz CT molecular complexity index is 511. The highest BCUT2D eigenvalue weighted by atomic mass is 16.3. The van der Waals surface area contributed by atoms with Gasteiger partial charge in [-0.05, 0) is 31.2 Å². The molecule has 3 rings (SSSR count). The molecule has 4 nitrogen and oxygen atoms in total. The molecule has 2 fully saturated rings. The Labute approximate surface area is 138 Å². The van der Waals surface area contributed by atoms with Gasteiger partial charge in [0.05, 0.1) is 12.0 Å². The fourth-order valence-electron chi connectivity index (χ4n) is 3.83. The van der Waals surface area contributed by atoms with Crippen molar-refractivity contribution in [2.24, 2.45) is 0 Å². The minimum Gasteiger partial charge on any atom is -0.389 e. The summed E-state index contributed by atoms with van der Waals surface area (Å²) < 4.78 is 0. The maximum atomic E-state index is 12.5. The molecule has 1 aliphatic carbocycles. The molecule has 0 bridgehead atoms. The van der Waals surface area contributed by atoms with Gasteiger partial charge in [-0.3, -0.25) is 4.79 Å². The second kappa shape index (κ2) is 7.45. The Morgan fingerprint density at radius 1 is 1.22 bits per heavy atom. The quantitative estimate of drug-likeness (QED) is 0.877. The van der Waals surface area contributed by atoms with E-state index in [0.717, 1.165) is 58.2 Å². The van der Waals surface area contributed by atoms with E-state index in [4.69, 9.17) is 0 Å². The first-order valence-electron chi connectivity index (χ1n) is 8.92. The van der Waals surface area contributed by atoms with Crippen molar-refractivity contribution in [3.63, 3.8) is 0 Å². The number of piperidine rings is 1. The Hall–Kier alpha value is -1.39. The lowest BCUT2D eigenvalue weighted by atomic mass is 9.96. The average Bonchev–Trinajstić information content (AvgIpc) is 3.00. The van der Waals surface area contributed by atoms with Crippen LogP contribution in [0.25, 0.3) is 0 Å². The summed E-state index contributed by atoms with van der Waals surface area (Å²) in [6.07, 6.45) is 6.11. The third-order valence-electron chi connectivity index (χ3n) is 5.23. The van der Waals surface area contributed by atoms with E-state index in [0.29, 0.717) is 12.5 Å². The highest BCUT2D eigenvalue weighted by molar-refractivity contribution is 5.77. The summed E-state index contributed by atoms with van der Waals surface area (Å²) in [5, 5.41) is 14.0. The highest BCUT2D eigenvalue weighted by Crippen LogP contribution is 2.33. The van der Waals surface area contributed by atoms with Crippen LogP contribution in [0.5, 0.6) is 0 Å². The number of hydrogen-bond acceptors (Lipinski definition) is 3. The number of aliphatic hydroxyl groups is 1. The van der Waals surface area contributed by atoms with E-state index in [2.05, 4.69) is 29.6 Å². The summed E-state index contributed by atoms with van der Waals surface area (Å²) in [6, 6.07) is 10.7. The Kier molecular flexibility index (Phi) is 5.34. The van der Waals surface area contributed by atoms with E-state index >= 15 is 0 Å². The second-order valence-corrected chi connectivity index (χ2v) is 7.15. The number of nitrogens with zero attached hydrogens (tertiary/aromatic N) is 1. The molecule has 2 N–H and O–H groups in total. The van der Waals surface area contributed by atoms with Crippen molar-refractivity contribution in [1.82, 2.24) is 10.2 Å². The number of nitrogens with one attached hydrogen (secondary N) is 1. The predicted molar refractivity (Wildman–Crippen MR) is 90.9 cm³/mol. The van der Waals surface area contributed by atoms with Crippen molar-refractivity contribution in [2.45, 2.75) is 63.1 Å². The number of carbonyl (C=O) groups excluding carboxylic acids is 1. The smallest absolute Gasteiger partial charge is 0.225 e. The molecule has 1 unspecified atom stereocenters. The van der Waals surface area contributed by atoms with E-state index in [1.165, 1.54) is 5.56 Å². The van der Waals surface area contributed by atoms with Gasteiger partial charge in [-0.15, -0.1) is 0 Å². The first kappa shape index (κ1) is 16.5. The summed E-state index contributed by atoms with van der Waals surface area (Å²) in [7, 11) is 0. The van der Waals surface area contributed by atoms with Gasteiger partial charge in [-0.1, -0.05) is 43.2 Å². The molecule has 4 heteroatoms. The van der Waals surface area contributed by atoms with Gasteiger partial charge < -0.3 is 15.3 Å². The zero-order valence-electron chi connectivity index (χ0n) is 13.8. The molecule has 1 heterocycles. The fourth-order valence-corrected chi connectivity index (χ4v) is 3.83. The van der Waals surface area contributed by atoms with Gasteiger partial charge in [0.1, 0.15) is 0 Å². The normalized spacial score (nSPS) is 23.9. The largest absolute Gasteiger partial charge is 0.389 e. The van der Waals surface area contributed by atoms with Crippen molar-refractivity contribution in [3.05, 3.63) is 35.9 Å². The van der Waals surface area contributed by atoms with Gasteiger partial charge in [0.25, 0.3) is 0 Å². The minimum absolute atomic E-state index is 0.126. The molecule has 2 aliphatic rings. The summed E-state index contributed by atoms with van der Waals surface area (Å²) in [5.74, 6) is 0.126. The fraction of sp³-hybridized carbons (Fsp3) is 0.632. The topological polar surface area (TPSA) is 52.6 Å². The van der Waals surface area contributed by atoms with Crippen molar-refractivity contribution >= 4 is 5.91 Å². The number of rotatable bonds is 5. The number of carbonyl (C=O) groups is 1. The van der Waals surface area contributed by atoms with Crippen LogP contribution in [-0.2, 0) is 11.3 Å². The molecule has 0 aromatic heterocycles. The zero-order valence-corrected chi connectivity index (χ0v) is 13.8. The summed E-state index contributed by atoms with van der Waals surface area (Å²) >= 11 is 0. The van der Waals surface area contributed by atoms with Crippen LogP contribution in [-0.4, -0.2) is 40.6 Å². The zero-order chi connectivity index (χ0) is 16.1. The third-order valence-corrected chi connectivity index (χ3v) is 5.23. The van der Waals surface area contributed by atoms with Gasteiger partial charge in [0.2, 0.25) is 5.91 Å². The van der Waals surface area contributed by atoms with Gasteiger partial charge in [0.15, 0.2) is 0 Å². The number of hydrogen-bond donors (Lipinski definition) is 2. The molecule has 1 aromatic rings. The molecule has 1 aromatic carbocycles. The van der Waals surface area contributed by atoms with Gasteiger partial charge in [0, 0.05) is 25.7 Å². The Morgan fingerprint density at radius 2 is 1.96 bits per heavy atom. The number of benzene rings is 1. The van der Waals surface area contributed by atoms with Gasteiger partial charge in [-0.25, -0.2) is 0 Å². The first-order chi connectivity index (χ1) is 11.1. The lowest BCUT2D eigenvalue weighted by Crippen LogP contribution is -2.49. The minimum atomic E-state index is -0.735. The molecule has 1 aliphatic heterocycles. The maximum absolute atomic E-state index is 12.5. The predicted octanol–water partition coefficient (Wildman–Crippen LogP) is 2.46. The van der Waals surface area contributed by atoms with Crippen LogP contribution in [0.1, 0.15) is 50.5 Å². The second-order valence-electron chi connectivity index (χ2n) is 7.15. The highest BCUT2D eigenvalue weighted by Gasteiger charge is 2.35. The lowest BCUT2D eigenvalue weighted by molar-refractivity contribution is -0.137. The molecule has 0 spiro atoms. The summed E-state index contributed by atoms with van der Waals surface area (Å²) in [4.78, 5) is 14.5. The van der Waals surface area contributed by atoms with E-state index in [-0.39, 0.29) is 5.91 Å². The van der Waals surface area contributed by atoms with Crippen LogP contribution in [0.15, 0.2) is 30.3 Å². The van der Waals surface area contributed by atoms with Crippen molar-refractivity contribution < 1.29 is 9.90 Å². The van der Waals surface area contributed by atoms with Crippen LogP contribution < -0.4 is 5.32 Å². The van der Waals surface area contributed by atoms with Crippen LogP contribution >= 0.6 is 0 Å². The maximum Gasteiger partial charge on any atom is 0.225 e. The molecule has 23 heavy (non-hydrogen) atoms. The monoisotopic (exact) mass is 316 g/mol. The van der Waals surface area contributed by atoms with E-state index in [1.807, 2.05) is 11.0 Å². The average molecular weight is 316 g/mol. The molecule has 1 amide bonds. The molecule has 126 valence electrons. The molecule has 0 radical (unpaired) electrons. The van der Waals surface area contributed by atoms with E-state index in [9.17, 15) is 9.90 Å². The van der Waals surface area contributed by atoms with Crippen LogP contribution in [0.2, 0.25) is 0 Å². The Morgan fingerprint density at radius 3 is 2.70 bits per heavy atom. The molecular weight excluding hydrogens is 288 g/mol. The van der Waals surface area contributed by atoms with Crippen molar-refractivity contribution in [1.29, 1.82) is 0 Å². The third kappa shape index (κ3) is 4.55. The van der Waals surface area contributed by atoms with Crippen molar-refractivity contribution in [2.75, 3.05) is 13.1 Å². The van der Waals surface area contributed by atoms with Crippen LogP contribution in [0.3, 0.4) is 0 Å². The van der Waals surface area contributed by atoms with E-state index < -0.39 is 5.60 Å². The Balaban J connectivity index is 1.48. The first-order valence-corrected chi connectivity index (χ1v) is 8.92. The molecule has 1 atom stereocenters. The van der Waals surface area contributed by atoms with Crippen LogP contribution in [0.4, 0.5) is 0 Å². The molecule has 1 saturated carbocycles. The SMILES string of the molecule is O=C(CC1(O)CCCC1)N1CCCC(NCc2ccccc2)C1. The van der Waals surface area contributed by atoms with Crippen LogP contribution in [0, 0.1) is 0 Å². The number of likely N-dealkylation sites (tertiary alicyclic amines) is 1. The van der Waals surface area contributed by atoms with E-state index in [1.54, 1.807) is 0 Å². The summed E-state index contributed by atoms with van der Waals surface area (Å²) in [6.45, 7) is 2.44. The van der Waals surface area contributed by atoms with Gasteiger partial charge in [-0.2, -0.15) is 0 Å². The standard InChI is InChI=1S/C19H28N2O2/c22-18(13-19(23)10-4-5-11-19)21-12-6-9-17(15-21)20-14-16-7-2-1-3-8-16/h1-3,7-8,17,20,23H,4-6,9-15H2. The molecular formula is C19H28N2O2. The lowest BCUT2D eigenvalue weighted by Gasteiger charge is -2.35. The van der Waals surface area contributed by atoms with Crippen molar-refractivity contribution in [3.8, 4) is 0 Å². The number of amides is 1.